The number of rotatable bonds is 26. The summed E-state index contributed by atoms with van der Waals surface area (Å²) in [6.45, 7) is 29.5. The van der Waals surface area contributed by atoms with Crippen LogP contribution in [-0.4, -0.2) is 130 Å². The van der Waals surface area contributed by atoms with Gasteiger partial charge in [0.05, 0.1) is 74.4 Å². The molecule has 17 nitrogen and oxygen atoms in total. The molecule has 1 atom stereocenters. The van der Waals surface area contributed by atoms with Gasteiger partial charge in [0.2, 0.25) is 11.6 Å². The number of ether oxygens (including phenoxy) is 3. The Labute approximate surface area is 458 Å². The fraction of sp³-hybridized carbons (Fsp3) is 0.424. The summed E-state index contributed by atoms with van der Waals surface area (Å²) in [4.78, 5) is 51.9. The quantitative estimate of drug-likeness (QED) is 0.00455. The predicted octanol–water partition coefficient (Wildman–Crippen LogP) is 7.69. The predicted molar refractivity (Wildman–Crippen MR) is 315 cm³/mol. The summed E-state index contributed by atoms with van der Waals surface area (Å²) >= 11 is 0. The van der Waals surface area contributed by atoms with Crippen LogP contribution in [0.4, 0.5) is 15.8 Å². The molecule has 1 unspecified atom stereocenters. The van der Waals surface area contributed by atoms with Crippen LogP contribution in [0.3, 0.4) is 0 Å². The van der Waals surface area contributed by atoms with E-state index in [0.29, 0.717) is 81.0 Å². The number of aldehydes is 2. The van der Waals surface area contributed by atoms with Gasteiger partial charge in [-0.25, -0.2) is 9.37 Å². The lowest BCUT2D eigenvalue weighted by Gasteiger charge is -2.14. The molecular formula is C59H91FN9O8+. The van der Waals surface area contributed by atoms with E-state index >= 15 is 0 Å². The number of nitrogens with one attached hydrogen (secondary N) is 2. The number of aliphatic hydroxyl groups is 1. The van der Waals surface area contributed by atoms with Crippen molar-refractivity contribution in [1.82, 2.24) is 25.1 Å². The summed E-state index contributed by atoms with van der Waals surface area (Å²) in [6, 6.07) is 14.3. The highest BCUT2D eigenvalue weighted by Gasteiger charge is 2.29. The van der Waals surface area contributed by atoms with Crippen molar-refractivity contribution in [2.45, 2.75) is 86.0 Å². The second-order valence-electron chi connectivity index (χ2n) is 16.3. The Morgan fingerprint density at radius 3 is 2.17 bits per heavy atom. The molecule has 77 heavy (non-hydrogen) atoms. The number of methoxy groups -OCH3 is 1. The van der Waals surface area contributed by atoms with Crippen LogP contribution in [0.5, 0.6) is 0 Å². The molecule has 426 valence electrons. The van der Waals surface area contributed by atoms with Crippen molar-refractivity contribution in [2.24, 2.45) is 11.5 Å². The number of para-hydroxylation sites is 1. The second kappa shape index (κ2) is 45.3. The first-order valence-electron chi connectivity index (χ1n) is 25.9. The van der Waals surface area contributed by atoms with Gasteiger partial charge in [0.25, 0.3) is 5.56 Å². The third kappa shape index (κ3) is 28.1. The number of aliphatic hydroxyl groups excluding tert-OH is 1. The van der Waals surface area contributed by atoms with Gasteiger partial charge in [0.1, 0.15) is 18.2 Å². The van der Waals surface area contributed by atoms with E-state index < -0.39 is 11.9 Å². The molecule has 1 aliphatic rings. The van der Waals surface area contributed by atoms with Crippen molar-refractivity contribution in [3.63, 3.8) is 0 Å². The topological polar surface area (TPSA) is 242 Å². The molecule has 0 spiro atoms. The Hall–Kier alpha value is -6.93. The van der Waals surface area contributed by atoms with Gasteiger partial charge in [0.15, 0.2) is 19.0 Å². The SMILES string of the molecule is C=C(N)C[N+](=CCNC(=O)CNC)c1ccccc1.C=C/C=C\C=O.C=CCCOCCOCCCCCN(C)C.C=CN.CC.CC.CCc1c2c(nc3cc(F)c(N)cc13)-c1cc(C(O)C=O)c(COC)c(=O)n1C2. The van der Waals surface area contributed by atoms with Gasteiger partial charge in [0, 0.05) is 54.0 Å². The zero-order valence-corrected chi connectivity index (χ0v) is 47.5. The fourth-order valence-corrected chi connectivity index (χ4v) is 7.05. The van der Waals surface area contributed by atoms with E-state index in [-0.39, 0.29) is 34.9 Å². The Balaban J connectivity index is 0. The highest BCUT2D eigenvalue weighted by atomic mass is 19.1. The van der Waals surface area contributed by atoms with Gasteiger partial charge in [-0.2, -0.15) is 4.58 Å². The van der Waals surface area contributed by atoms with Gasteiger partial charge in [-0.05, 0) is 89.8 Å². The number of unbranched alkanes of at least 4 members (excludes halogenated alkanes) is 2. The summed E-state index contributed by atoms with van der Waals surface area (Å²) in [5.41, 5.74) is 21.0. The van der Waals surface area contributed by atoms with E-state index in [1.54, 1.807) is 35.9 Å². The van der Waals surface area contributed by atoms with Crippen molar-refractivity contribution < 1.29 is 42.7 Å². The molecule has 0 aliphatic carbocycles. The number of halogens is 1. The van der Waals surface area contributed by atoms with Crippen molar-refractivity contribution in [3.05, 3.63) is 149 Å². The van der Waals surface area contributed by atoms with Crippen LogP contribution in [-0.2, 0) is 48.2 Å². The third-order valence-electron chi connectivity index (χ3n) is 10.4. The number of nitrogen functional groups attached to an aromatic ring is 1. The lowest BCUT2D eigenvalue weighted by Crippen LogP contribution is -2.34. The average molecular weight is 1070 g/mol. The van der Waals surface area contributed by atoms with Gasteiger partial charge in [-0.1, -0.05) is 90.8 Å². The van der Waals surface area contributed by atoms with Crippen molar-refractivity contribution in [2.75, 3.05) is 86.6 Å². The average Bonchev–Trinajstić information content (AvgIpc) is 3.79. The summed E-state index contributed by atoms with van der Waals surface area (Å²) in [5, 5.41) is 16.5. The molecule has 9 N–H and O–H groups in total. The maximum Gasteiger partial charge on any atom is 0.257 e. The van der Waals surface area contributed by atoms with Crippen LogP contribution in [0.2, 0.25) is 0 Å². The number of pyridine rings is 2. The minimum absolute atomic E-state index is 0.0343. The first kappa shape index (κ1) is 72.1. The Morgan fingerprint density at radius 1 is 0.987 bits per heavy atom. The Bertz CT molecular complexity index is 2470. The van der Waals surface area contributed by atoms with E-state index in [1.807, 2.05) is 81.8 Å². The number of aromatic nitrogens is 2. The van der Waals surface area contributed by atoms with Gasteiger partial charge < -0.3 is 61.4 Å². The van der Waals surface area contributed by atoms with Crippen LogP contribution in [0.25, 0.3) is 22.3 Å². The number of allylic oxidation sites excluding steroid dienone is 3. The summed E-state index contributed by atoms with van der Waals surface area (Å²) < 4.78 is 33.4. The molecule has 0 bridgehead atoms. The number of fused-ring (bicyclic) bond motifs is 4. The molecule has 1 aliphatic heterocycles. The number of aryl methyl sites for hydroxylation is 1. The standard InChI is InChI=1S/C21H20FN3O4.C14H20N4O.C13H27NO2.C5H6O.C2H5N.2C2H6/c1-3-10-11-4-16(23)15(22)6-17(11)24-20-13(10)7-25-18(20)5-12(19(27)8-26)14(9-29-2)21(25)28;1-12(15)11-18(13-6-4-3-5-7-13)9-8-17-14(19)10-16-2;1-4-5-10-15-12-13-16-11-8-6-7-9-14(2)3;1-2-3-4-5-6;1-2-3;2*1-2/h4-6,8,19,27H,3,7,9,23H2,1-2H3;3-7,9,16H,1,8,10-11,15H2,2H3;4H,1,5-13H2,2-3H3;2-5H,1H2;2H,1,3H2;2*1-2H3/p+1/b;;;4-3-;;;. The maximum absolute atomic E-state index is 14.0. The van der Waals surface area contributed by atoms with E-state index in [4.69, 9.17) is 25.7 Å². The number of hydrogen-bond acceptors (Lipinski definition) is 14. The van der Waals surface area contributed by atoms with E-state index in [2.05, 4.69) is 66.7 Å². The zero-order chi connectivity index (χ0) is 58.6. The molecule has 0 saturated heterocycles. The number of amides is 1. The van der Waals surface area contributed by atoms with Gasteiger partial charge >= 0.3 is 0 Å². The molecule has 0 radical (unpaired) electrons. The number of carbonyl (C=O) groups excluding carboxylic acids is 3. The lowest BCUT2D eigenvalue weighted by atomic mass is 9.97. The first-order chi connectivity index (χ1) is 37.1. The summed E-state index contributed by atoms with van der Waals surface area (Å²) in [6.07, 6.45) is 14.4. The minimum Gasteiger partial charge on any atom is -0.405 e. The number of carbonyl (C=O) groups is 3. The molecular weight excluding hydrogens is 982 g/mol. The van der Waals surface area contributed by atoms with E-state index in [9.17, 15) is 28.7 Å². The van der Waals surface area contributed by atoms with Crippen LogP contribution >= 0.6 is 0 Å². The lowest BCUT2D eigenvalue weighted by molar-refractivity contribution is -0.426. The molecule has 3 heterocycles. The molecule has 2 aromatic heterocycles. The number of anilines is 1. The molecule has 18 heteroatoms. The molecule has 4 aromatic rings. The highest BCUT2D eigenvalue weighted by molar-refractivity contribution is 5.90. The van der Waals surface area contributed by atoms with Crippen molar-refractivity contribution in [3.8, 4) is 11.4 Å². The normalized spacial score (nSPS) is 11.0. The Kier molecular flexibility index (Phi) is 42.4. The largest absolute Gasteiger partial charge is 0.405 e. The second-order valence-corrected chi connectivity index (χ2v) is 16.3. The van der Waals surface area contributed by atoms with Crippen LogP contribution < -0.4 is 33.4 Å². The number of nitrogens with two attached hydrogens (primary N) is 3. The van der Waals surface area contributed by atoms with E-state index in [1.165, 1.54) is 44.8 Å². The van der Waals surface area contributed by atoms with Crippen LogP contribution in [0.1, 0.15) is 88.7 Å². The van der Waals surface area contributed by atoms with Gasteiger partial charge in [-0.3, -0.25) is 14.4 Å². The molecule has 0 saturated carbocycles. The third-order valence-corrected chi connectivity index (χ3v) is 10.4. The number of nitrogens with zero attached hydrogens (tertiary/aromatic N) is 4. The highest BCUT2D eigenvalue weighted by Crippen LogP contribution is 2.38. The minimum atomic E-state index is -1.45. The number of hydrogen-bond donors (Lipinski definition) is 6. The monoisotopic (exact) mass is 1070 g/mol. The molecule has 0 fully saturated rings. The summed E-state index contributed by atoms with van der Waals surface area (Å²) in [5.74, 6) is -0.603. The Morgan fingerprint density at radius 2 is 1.64 bits per heavy atom. The number of likely N-dealkylation sites (N-methyl/N-ethyl adjacent to an activating group) is 1. The summed E-state index contributed by atoms with van der Waals surface area (Å²) in [7, 11) is 7.39. The maximum atomic E-state index is 14.0. The van der Waals surface area contributed by atoms with Crippen LogP contribution in [0, 0.1) is 5.82 Å². The van der Waals surface area contributed by atoms with E-state index in [0.717, 1.165) is 48.3 Å². The van der Waals surface area contributed by atoms with Gasteiger partial charge in [-0.15, -0.1) is 6.58 Å². The number of benzene rings is 2. The smallest absolute Gasteiger partial charge is 0.257 e. The fourth-order valence-electron chi connectivity index (χ4n) is 7.05. The molecule has 5 rings (SSSR count). The first-order valence-corrected chi connectivity index (χ1v) is 25.9. The van der Waals surface area contributed by atoms with Crippen molar-refractivity contribution in [1.29, 1.82) is 0 Å². The van der Waals surface area contributed by atoms with Crippen LogP contribution in [0.15, 0.2) is 116 Å². The molecule has 1 amide bonds. The molecule has 2 aromatic carbocycles. The zero-order valence-electron chi connectivity index (χ0n) is 47.5. The van der Waals surface area contributed by atoms with Crippen molar-refractivity contribution >= 4 is 47.0 Å².